The van der Waals surface area contributed by atoms with Crippen LogP contribution in [0.5, 0.6) is 0 Å². The Balaban J connectivity index is 1.90. The van der Waals surface area contributed by atoms with Crippen molar-refractivity contribution in [1.29, 1.82) is 0 Å². The van der Waals surface area contributed by atoms with E-state index >= 15 is 0 Å². The molecule has 0 spiro atoms. The number of carbonyl (C=O) groups excluding carboxylic acids is 1. The van der Waals surface area contributed by atoms with Gasteiger partial charge >= 0.3 is 0 Å². The molecule has 1 aliphatic carbocycles. The van der Waals surface area contributed by atoms with E-state index in [0.29, 0.717) is 29.3 Å². The van der Waals surface area contributed by atoms with Crippen LogP contribution in [0.15, 0.2) is 61.2 Å². The van der Waals surface area contributed by atoms with E-state index in [4.69, 9.17) is 23.2 Å². The number of hydrogen-bond acceptors (Lipinski definition) is 3. The fraction of sp³-hybridized carbons (Fsp3) is 0.483. The molecular formula is C29H36Cl2N2O3S. The van der Waals surface area contributed by atoms with Gasteiger partial charge in [-0.25, -0.2) is 13.1 Å². The van der Waals surface area contributed by atoms with Crippen LogP contribution in [0.2, 0.25) is 10.0 Å². The Morgan fingerprint density at radius 2 is 1.81 bits per heavy atom. The Bertz CT molecular complexity index is 1230. The monoisotopic (exact) mass is 562 g/mol. The summed E-state index contributed by atoms with van der Waals surface area (Å²) in [5.74, 6) is 0.274. The van der Waals surface area contributed by atoms with Crippen molar-refractivity contribution in [2.24, 2.45) is 11.3 Å². The Kier molecular flexibility index (Phi) is 8.74. The number of amides is 1. The molecule has 5 nitrogen and oxygen atoms in total. The second-order valence-corrected chi connectivity index (χ2v) is 13.3. The first-order valence-corrected chi connectivity index (χ1v) is 15.5. The topological polar surface area (TPSA) is 66.5 Å². The average Bonchev–Trinajstić information content (AvgIpc) is 3.72. The van der Waals surface area contributed by atoms with Crippen LogP contribution in [-0.4, -0.2) is 37.6 Å². The molecule has 8 heteroatoms. The number of halogens is 2. The van der Waals surface area contributed by atoms with E-state index in [2.05, 4.69) is 24.3 Å². The van der Waals surface area contributed by atoms with E-state index in [1.807, 2.05) is 53.4 Å². The average molecular weight is 564 g/mol. The van der Waals surface area contributed by atoms with Crippen molar-refractivity contribution in [3.8, 4) is 0 Å². The quantitative estimate of drug-likeness (QED) is 0.308. The number of benzene rings is 2. The zero-order valence-electron chi connectivity index (χ0n) is 21.5. The SMILES string of the molecule is C=CC[C@@]1(CC)C[C@H](c2cccc(Cl)c2)[C@@H](c2ccc(Cl)cc2)N([C@H](CNS(=O)(=O)CC)C2CC2)C1=O. The van der Waals surface area contributed by atoms with Crippen LogP contribution < -0.4 is 4.72 Å². The van der Waals surface area contributed by atoms with E-state index in [1.54, 1.807) is 6.92 Å². The zero-order chi connectivity index (χ0) is 26.8. The minimum atomic E-state index is -3.42. The van der Waals surface area contributed by atoms with Crippen molar-refractivity contribution in [2.75, 3.05) is 12.3 Å². The van der Waals surface area contributed by atoms with Gasteiger partial charge in [0.15, 0.2) is 0 Å². The lowest BCUT2D eigenvalue weighted by Crippen LogP contribution is -2.59. The lowest BCUT2D eigenvalue weighted by atomic mass is 9.65. The molecule has 1 amide bonds. The number of carbonyl (C=O) groups is 1. The fourth-order valence-corrected chi connectivity index (χ4v) is 6.79. The van der Waals surface area contributed by atoms with Gasteiger partial charge in [-0.15, -0.1) is 6.58 Å². The standard InChI is InChI=1S/C29H36Cl2N2O3S/c1-4-16-29(5-2)18-25(22-8-7-9-24(31)17-22)27(21-12-14-23(30)15-13-21)33(28(29)34)26(20-10-11-20)19-32-37(35,36)6-3/h4,7-9,12-15,17,20,25-27,32H,1,5-6,10-11,16,18-19H2,2-3H3/t25-,26-,27-,29+/m1/s1. The van der Waals surface area contributed by atoms with Gasteiger partial charge in [-0.05, 0) is 80.3 Å². The van der Waals surface area contributed by atoms with Crippen LogP contribution in [-0.2, 0) is 14.8 Å². The van der Waals surface area contributed by atoms with Gasteiger partial charge in [-0.3, -0.25) is 4.79 Å². The van der Waals surface area contributed by atoms with E-state index < -0.39 is 15.4 Å². The highest BCUT2D eigenvalue weighted by Crippen LogP contribution is 2.55. The van der Waals surface area contributed by atoms with E-state index in [1.165, 1.54) is 0 Å². The van der Waals surface area contributed by atoms with Gasteiger partial charge in [0.1, 0.15) is 0 Å². The highest BCUT2D eigenvalue weighted by molar-refractivity contribution is 7.89. The third-order valence-corrected chi connectivity index (χ3v) is 9.95. The summed E-state index contributed by atoms with van der Waals surface area (Å²) in [7, 11) is -3.42. The molecule has 0 unspecified atom stereocenters. The minimum absolute atomic E-state index is 0.000549. The van der Waals surface area contributed by atoms with Crippen LogP contribution >= 0.6 is 23.2 Å². The smallest absolute Gasteiger partial charge is 0.229 e. The molecular weight excluding hydrogens is 527 g/mol. The zero-order valence-corrected chi connectivity index (χ0v) is 23.8. The summed E-state index contributed by atoms with van der Waals surface area (Å²) >= 11 is 12.7. The van der Waals surface area contributed by atoms with Crippen molar-refractivity contribution in [3.05, 3.63) is 82.4 Å². The molecule has 1 heterocycles. The summed E-state index contributed by atoms with van der Waals surface area (Å²) in [6, 6.07) is 15.0. The van der Waals surface area contributed by atoms with Crippen molar-refractivity contribution in [1.82, 2.24) is 9.62 Å². The number of sulfonamides is 1. The van der Waals surface area contributed by atoms with E-state index in [-0.39, 0.29) is 42.1 Å². The van der Waals surface area contributed by atoms with Gasteiger partial charge in [0.05, 0.1) is 17.2 Å². The number of hydrogen-bond donors (Lipinski definition) is 1. The molecule has 0 aromatic heterocycles. The highest BCUT2D eigenvalue weighted by atomic mass is 35.5. The molecule has 2 aromatic carbocycles. The van der Waals surface area contributed by atoms with Gasteiger partial charge in [0, 0.05) is 28.5 Å². The maximum atomic E-state index is 14.6. The molecule has 1 aliphatic heterocycles. The molecule has 4 rings (SSSR count). The maximum absolute atomic E-state index is 14.6. The molecule has 2 aromatic rings. The number of piperidine rings is 1. The first-order chi connectivity index (χ1) is 17.6. The Labute approximate surface area is 231 Å². The normalized spacial score (nSPS) is 25.2. The summed E-state index contributed by atoms with van der Waals surface area (Å²) in [5, 5.41) is 1.27. The van der Waals surface area contributed by atoms with Crippen LogP contribution in [0.3, 0.4) is 0 Å². The minimum Gasteiger partial charge on any atom is -0.330 e. The molecule has 4 atom stereocenters. The Morgan fingerprint density at radius 1 is 1.11 bits per heavy atom. The summed E-state index contributed by atoms with van der Waals surface area (Å²) < 4.78 is 27.7. The number of rotatable bonds is 11. The molecule has 1 saturated heterocycles. The number of nitrogens with zero attached hydrogens (tertiary/aromatic N) is 1. The van der Waals surface area contributed by atoms with Gasteiger partial charge < -0.3 is 4.90 Å². The fourth-order valence-electron chi connectivity index (χ4n) is 5.84. The first-order valence-electron chi connectivity index (χ1n) is 13.1. The molecule has 0 bridgehead atoms. The molecule has 2 fully saturated rings. The first kappa shape index (κ1) is 28.2. The lowest BCUT2D eigenvalue weighted by Gasteiger charge is -2.53. The van der Waals surface area contributed by atoms with Crippen molar-refractivity contribution >= 4 is 39.1 Å². The molecule has 2 aliphatic rings. The van der Waals surface area contributed by atoms with E-state index in [9.17, 15) is 13.2 Å². The highest BCUT2D eigenvalue weighted by Gasteiger charge is 2.54. The molecule has 1 N–H and O–H groups in total. The number of allylic oxidation sites excluding steroid dienone is 1. The van der Waals surface area contributed by atoms with Gasteiger partial charge in [0.25, 0.3) is 0 Å². The molecule has 0 radical (unpaired) electrons. The van der Waals surface area contributed by atoms with Crippen LogP contribution in [0.1, 0.15) is 69.0 Å². The predicted molar refractivity (Wildman–Crippen MR) is 151 cm³/mol. The Morgan fingerprint density at radius 3 is 2.38 bits per heavy atom. The number of nitrogens with one attached hydrogen (secondary N) is 1. The van der Waals surface area contributed by atoms with Crippen LogP contribution in [0.4, 0.5) is 0 Å². The van der Waals surface area contributed by atoms with Crippen LogP contribution in [0, 0.1) is 11.3 Å². The summed E-state index contributed by atoms with van der Waals surface area (Å²) in [6.07, 6.45) is 5.65. The summed E-state index contributed by atoms with van der Waals surface area (Å²) in [6.45, 7) is 7.86. The van der Waals surface area contributed by atoms with Gasteiger partial charge in [-0.1, -0.05) is 60.5 Å². The summed E-state index contributed by atoms with van der Waals surface area (Å²) in [5.41, 5.74) is 1.42. The third kappa shape index (κ3) is 6.08. The third-order valence-electron chi connectivity index (χ3n) is 8.10. The van der Waals surface area contributed by atoms with Crippen LogP contribution in [0.25, 0.3) is 0 Å². The molecule has 37 heavy (non-hydrogen) atoms. The predicted octanol–water partition coefficient (Wildman–Crippen LogP) is 6.74. The lowest BCUT2D eigenvalue weighted by molar-refractivity contribution is -0.156. The van der Waals surface area contributed by atoms with Gasteiger partial charge in [-0.2, -0.15) is 0 Å². The molecule has 1 saturated carbocycles. The second kappa shape index (κ2) is 11.5. The largest absolute Gasteiger partial charge is 0.330 e. The summed E-state index contributed by atoms with van der Waals surface area (Å²) in [4.78, 5) is 16.6. The van der Waals surface area contributed by atoms with Crippen molar-refractivity contribution < 1.29 is 13.2 Å². The van der Waals surface area contributed by atoms with Crippen molar-refractivity contribution in [3.63, 3.8) is 0 Å². The van der Waals surface area contributed by atoms with E-state index in [0.717, 1.165) is 24.0 Å². The van der Waals surface area contributed by atoms with Gasteiger partial charge in [0.2, 0.25) is 15.9 Å². The molecule has 200 valence electrons. The van der Waals surface area contributed by atoms with Crippen molar-refractivity contribution in [2.45, 2.75) is 64.0 Å². The number of likely N-dealkylation sites (tertiary alicyclic amines) is 1. The Hall–Kier alpha value is -1.86. The maximum Gasteiger partial charge on any atom is 0.229 e. The second-order valence-electron chi connectivity index (χ2n) is 10.4.